The summed E-state index contributed by atoms with van der Waals surface area (Å²) in [5, 5.41) is 0. The van der Waals surface area contributed by atoms with Gasteiger partial charge in [-0.1, -0.05) is 42.5 Å². The highest BCUT2D eigenvalue weighted by Crippen LogP contribution is 2.40. The topological polar surface area (TPSA) is 44.7 Å². The first-order chi connectivity index (χ1) is 12.0. The van der Waals surface area contributed by atoms with E-state index in [2.05, 4.69) is 5.73 Å². The zero-order valence-corrected chi connectivity index (χ0v) is 13.2. The van der Waals surface area contributed by atoms with Crippen LogP contribution in [0, 0.1) is 17.5 Å². The molecule has 0 aliphatic carbocycles. The molecule has 0 spiro atoms. The Morgan fingerprint density at radius 1 is 0.720 bits per heavy atom. The predicted octanol–water partition coefficient (Wildman–Crippen LogP) is 3.21. The minimum absolute atomic E-state index is 0.0771. The summed E-state index contributed by atoms with van der Waals surface area (Å²) in [6.45, 7) is 0. The Balaban J connectivity index is 2.40. The van der Waals surface area contributed by atoms with E-state index in [-0.39, 0.29) is 5.56 Å². The second-order valence-electron chi connectivity index (χ2n) is 5.67. The van der Waals surface area contributed by atoms with E-state index in [9.17, 15) is 18.0 Å². The van der Waals surface area contributed by atoms with Gasteiger partial charge < -0.3 is 0 Å². The summed E-state index contributed by atoms with van der Waals surface area (Å²) in [5.41, 5.74) is 2.71. The van der Waals surface area contributed by atoms with Gasteiger partial charge in [-0.15, -0.1) is 0 Å². The summed E-state index contributed by atoms with van der Waals surface area (Å²) >= 11 is 0. The van der Waals surface area contributed by atoms with E-state index in [4.69, 9.17) is 0 Å². The smallest absolute Gasteiger partial charge is 0.293 e. The molecule has 0 atom stereocenters. The Kier molecular flexibility index (Phi) is 4.42. The normalized spacial score (nSPS) is 11.4. The molecule has 0 unspecified atom stereocenters. The number of hydrogen-bond acceptors (Lipinski definition) is 1. The molecule has 3 aromatic carbocycles. The van der Waals surface area contributed by atoms with Crippen molar-refractivity contribution in [2.24, 2.45) is 0 Å². The van der Waals surface area contributed by atoms with Crippen LogP contribution in [0.2, 0.25) is 0 Å². The molecule has 5 heteroatoms. The summed E-state index contributed by atoms with van der Waals surface area (Å²) in [5.74, 6) is -2.17. The van der Waals surface area contributed by atoms with E-state index >= 15 is 0 Å². The highest BCUT2D eigenvalue weighted by molar-refractivity contribution is 5.89. The average Bonchev–Trinajstić information content (AvgIpc) is 2.59. The largest absolute Gasteiger partial charge is 0.328 e. The monoisotopic (exact) mass is 342 g/mol. The standard InChI is InChI=1S/C20H14F3NO/c21-15-9-5-13(6-10-15)20(19(24)25,14-7-11-16(22)12-8-14)17-3-1-2-4-18(17)23/h1-12H,(H2,24,25)/p+1. The Morgan fingerprint density at radius 2 is 1.16 bits per heavy atom. The quantitative estimate of drug-likeness (QED) is 0.727. The minimum atomic E-state index is -1.60. The van der Waals surface area contributed by atoms with Gasteiger partial charge in [-0.05, 0) is 41.5 Å². The molecule has 126 valence electrons. The summed E-state index contributed by atoms with van der Waals surface area (Å²) in [7, 11) is 0. The molecule has 3 aromatic rings. The number of hydrogen-bond donors (Lipinski definition) is 1. The van der Waals surface area contributed by atoms with E-state index in [1.165, 1.54) is 66.7 Å². The maximum Gasteiger partial charge on any atom is 0.328 e. The van der Waals surface area contributed by atoms with Crippen LogP contribution in [0.5, 0.6) is 0 Å². The fourth-order valence-corrected chi connectivity index (χ4v) is 3.11. The molecule has 3 N–H and O–H groups in total. The fourth-order valence-electron chi connectivity index (χ4n) is 3.11. The van der Waals surface area contributed by atoms with Gasteiger partial charge in [-0.2, -0.15) is 0 Å². The van der Waals surface area contributed by atoms with E-state index in [1.54, 1.807) is 6.07 Å². The molecule has 0 heterocycles. The van der Waals surface area contributed by atoms with E-state index in [1.807, 2.05) is 0 Å². The zero-order chi connectivity index (χ0) is 18.0. The number of rotatable bonds is 4. The third-order valence-electron chi connectivity index (χ3n) is 4.25. The van der Waals surface area contributed by atoms with Gasteiger partial charge in [0.1, 0.15) is 17.5 Å². The highest BCUT2D eigenvalue weighted by Gasteiger charge is 2.47. The van der Waals surface area contributed by atoms with E-state index in [0.29, 0.717) is 11.1 Å². The second-order valence-corrected chi connectivity index (χ2v) is 5.67. The Hall–Kier alpha value is -2.92. The van der Waals surface area contributed by atoms with Crippen molar-refractivity contribution in [2.75, 3.05) is 0 Å². The molecular formula is C20H15F3NO+. The number of quaternary nitrogens is 1. The van der Waals surface area contributed by atoms with Gasteiger partial charge in [0.05, 0.1) is 0 Å². The number of amides is 1. The summed E-state index contributed by atoms with van der Waals surface area (Å²) in [4.78, 5) is 12.7. The number of carbonyl (C=O) groups excluding carboxylic acids is 1. The van der Waals surface area contributed by atoms with Crippen molar-refractivity contribution in [1.82, 2.24) is 0 Å². The fraction of sp³-hybridized carbons (Fsp3) is 0.0500. The van der Waals surface area contributed by atoms with Crippen LogP contribution in [0.25, 0.3) is 0 Å². The summed E-state index contributed by atoms with van der Waals surface area (Å²) in [6, 6.07) is 16.2. The van der Waals surface area contributed by atoms with Gasteiger partial charge in [0.15, 0.2) is 5.41 Å². The first-order valence-electron chi connectivity index (χ1n) is 7.59. The molecule has 0 saturated carbocycles. The van der Waals surface area contributed by atoms with E-state index in [0.717, 1.165) is 0 Å². The zero-order valence-electron chi connectivity index (χ0n) is 13.2. The Labute approximate surface area is 142 Å². The Bertz CT molecular complexity index is 859. The van der Waals surface area contributed by atoms with Crippen molar-refractivity contribution in [3.05, 3.63) is 107 Å². The van der Waals surface area contributed by atoms with Crippen LogP contribution in [0.1, 0.15) is 16.7 Å². The molecule has 0 bridgehead atoms. The molecule has 3 rings (SSSR count). The molecule has 0 fully saturated rings. The summed E-state index contributed by atoms with van der Waals surface area (Å²) < 4.78 is 41.4. The lowest BCUT2D eigenvalue weighted by atomic mass is 9.68. The van der Waals surface area contributed by atoms with Crippen molar-refractivity contribution in [3.8, 4) is 0 Å². The number of benzene rings is 3. The number of halogens is 3. The summed E-state index contributed by atoms with van der Waals surface area (Å²) in [6.07, 6.45) is 0. The van der Waals surface area contributed by atoms with Crippen molar-refractivity contribution >= 4 is 5.91 Å². The molecule has 25 heavy (non-hydrogen) atoms. The first kappa shape index (κ1) is 16.9. The SMILES string of the molecule is [NH3+]C(=O)C(c1ccc(F)cc1)(c1ccc(F)cc1)c1ccccc1F. The molecule has 1 amide bonds. The minimum Gasteiger partial charge on any atom is -0.293 e. The maximum absolute atomic E-state index is 14.6. The molecule has 0 aromatic heterocycles. The molecule has 0 radical (unpaired) electrons. The molecular weight excluding hydrogens is 327 g/mol. The van der Waals surface area contributed by atoms with E-state index < -0.39 is 28.8 Å². The van der Waals surface area contributed by atoms with Crippen LogP contribution in [0.15, 0.2) is 72.8 Å². The molecule has 2 nitrogen and oxygen atoms in total. The second kappa shape index (κ2) is 6.53. The predicted molar refractivity (Wildman–Crippen MR) is 87.0 cm³/mol. The Morgan fingerprint density at radius 3 is 1.56 bits per heavy atom. The van der Waals surface area contributed by atoms with Crippen LogP contribution >= 0.6 is 0 Å². The van der Waals surface area contributed by atoms with Crippen LogP contribution in [0.4, 0.5) is 13.2 Å². The van der Waals surface area contributed by atoms with Crippen molar-refractivity contribution < 1.29 is 23.7 Å². The van der Waals surface area contributed by atoms with Crippen LogP contribution in [-0.4, -0.2) is 5.91 Å². The van der Waals surface area contributed by atoms with Crippen LogP contribution in [-0.2, 0) is 10.2 Å². The molecule has 0 aliphatic heterocycles. The number of carbonyl (C=O) groups is 1. The van der Waals surface area contributed by atoms with Crippen LogP contribution in [0.3, 0.4) is 0 Å². The lowest BCUT2D eigenvalue weighted by Crippen LogP contribution is -2.67. The van der Waals surface area contributed by atoms with Gasteiger partial charge in [-0.25, -0.2) is 18.0 Å². The third-order valence-corrected chi connectivity index (χ3v) is 4.25. The van der Waals surface area contributed by atoms with Crippen molar-refractivity contribution in [2.45, 2.75) is 5.41 Å². The van der Waals surface area contributed by atoms with Gasteiger partial charge >= 0.3 is 5.91 Å². The lowest BCUT2D eigenvalue weighted by molar-refractivity contribution is -0.310. The lowest BCUT2D eigenvalue weighted by Gasteiger charge is -2.30. The highest BCUT2D eigenvalue weighted by atomic mass is 19.1. The van der Waals surface area contributed by atoms with Gasteiger partial charge in [0.25, 0.3) is 0 Å². The van der Waals surface area contributed by atoms with Crippen molar-refractivity contribution in [3.63, 3.8) is 0 Å². The van der Waals surface area contributed by atoms with Crippen molar-refractivity contribution in [1.29, 1.82) is 0 Å². The van der Waals surface area contributed by atoms with Crippen LogP contribution < -0.4 is 5.73 Å². The van der Waals surface area contributed by atoms with Gasteiger partial charge in [0.2, 0.25) is 0 Å². The molecule has 0 aliphatic rings. The third kappa shape index (κ3) is 2.83. The van der Waals surface area contributed by atoms with Gasteiger partial charge in [-0.3, -0.25) is 5.73 Å². The first-order valence-corrected chi connectivity index (χ1v) is 7.59. The molecule has 0 saturated heterocycles. The van der Waals surface area contributed by atoms with Gasteiger partial charge in [0, 0.05) is 5.56 Å². The average molecular weight is 342 g/mol. The maximum atomic E-state index is 14.6.